The molecule has 0 saturated heterocycles. The Balaban J connectivity index is 1.58. The highest BCUT2D eigenvalue weighted by Gasteiger charge is 2.15. The van der Waals surface area contributed by atoms with Crippen LogP contribution in [-0.4, -0.2) is 31.9 Å². The molecule has 0 amide bonds. The zero-order chi connectivity index (χ0) is 14.9. The van der Waals surface area contributed by atoms with Crippen LogP contribution in [0.4, 0.5) is 0 Å². The maximum atomic E-state index is 5.38. The molecule has 0 N–H and O–H groups in total. The third kappa shape index (κ3) is 2.26. The van der Waals surface area contributed by atoms with Crippen LogP contribution in [-0.2, 0) is 19.5 Å². The van der Waals surface area contributed by atoms with Gasteiger partial charge in [0.25, 0.3) is 0 Å². The van der Waals surface area contributed by atoms with Gasteiger partial charge in [0.2, 0.25) is 0 Å². The van der Waals surface area contributed by atoms with E-state index in [9.17, 15) is 0 Å². The molecule has 1 aromatic carbocycles. The zero-order valence-electron chi connectivity index (χ0n) is 12.4. The highest BCUT2D eigenvalue weighted by Crippen LogP contribution is 2.27. The zero-order valence-corrected chi connectivity index (χ0v) is 12.4. The van der Waals surface area contributed by atoms with E-state index in [0.717, 1.165) is 35.7 Å². The van der Waals surface area contributed by atoms with Crippen LogP contribution in [0.5, 0.6) is 5.75 Å². The predicted octanol–water partition coefficient (Wildman–Crippen LogP) is 2.14. The van der Waals surface area contributed by atoms with Gasteiger partial charge in [0.15, 0.2) is 0 Å². The van der Waals surface area contributed by atoms with Crippen molar-refractivity contribution in [2.45, 2.75) is 25.9 Å². The first-order valence-corrected chi connectivity index (χ1v) is 7.42. The van der Waals surface area contributed by atoms with Gasteiger partial charge in [-0.2, -0.15) is 5.10 Å². The molecule has 0 fully saturated rings. The summed E-state index contributed by atoms with van der Waals surface area (Å²) in [6.45, 7) is 1.67. The van der Waals surface area contributed by atoms with Crippen molar-refractivity contribution in [3.8, 4) is 17.0 Å². The summed E-state index contributed by atoms with van der Waals surface area (Å²) >= 11 is 0. The smallest absolute Gasteiger partial charge is 0.128 e. The monoisotopic (exact) mass is 295 g/mol. The minimum atomic E-state index is 0.641. The second kappa shape index (κ2) is 5.29. The topological polar surface area (TPSA) is 57.8 Å². The second-order valence-corrected chi connectivity index (χ2v) is 5.46. The largest absolute Gasteiger partial charge is 0.496 e. The van der Waals surface area contributed by atoms with Crippen molar-refractivity contribution in [3.63, 3.8) is 0 Å². The Morgan fingerprint density at radius 2 is 2.18 bits per heavy atom. The number of nitrogens with zero attached hydrogens (tertiary/aromatic N) is 5. The van der Waals surface area contributed by atoms with Gasteiger partial charge in [-0.25, -0.2) is 4.68 Å². The molecule has 3 heterocycles. The van der Waals surface area contributed by atoms with Crippen LogP contribution in [0, 0.1) is 0 Å². The Hall–Kier alpha value is -2.63. The summed E-state index contributed by atoms with van der Waals surface area (Å²) in [5.74, 6) is 0.801. The lowest BCUT2D eigenvalue weighted by Crippen LogP contribution is -2.03. The fourth-order valence-electron chi connectivity index (χ4n) is 2.92. The highest BCUT2D eigenvalue weighted by molar-refractivity contribution is 5.65. The number of hydrogen-bond donors (Lipinski definition) is 0. The fourth-order valence-corrected chi connectivity index (χ4v) is 2.92. The number of methoxy groups -OCH3 is 1. The SMILES string of the molecule is COc1ccccc1-c1cn(Cc2cc3n(n2)CCC3)nn1. The van der Waals surface area contributed by atoms with E-state index in [1.54, 1.807) is 7.11 Å². The summed E-state index contributed by atoms with van der Waals surface area (Å²) in [6, 6.07) is 9.99. The van der Waals surface area contributed by atoms with Crippen molar-refractivity contribution >= 4 is 0 Å². The van der Waals surface area contributed by atoms with E-state index in [2.05, 4.69) is 26.2 Å². The van der Waals surface area contributed by atoms with Gasteiger partial charge in [0.05, 0.1) is 25.5 Å². The minimum absolute atomic E-state index is 0.641. The molecule has 0 saturated carbocycles. The van der Waals surface area contributed by atoms with Crippen molar-refractivity contribution in [1.29, 1.82) is 0 Å². The van der Waals surface area contributed by atoms with Crippen LogP contribution in [0.1, 0.15) is 17.8 Å². The van der Waals surface area contributed by atoms with Gasteiger partial charge in [0, 0.05) is 17.8 Å². The molecule has 6 heteroatoms. The van der Waals surface area contributed by atoms with Gasteiger partial charge >= 0.3 is 0 Å². The average Bonchev–Trinajstić information content (AvgIpc) is 3.23. The van der Waals surface area contributed by atoms with E-state index in [-0.39, 0.29) is 0 Å². The van der Waals surface area contributed by atoms with E-state index in [1.165, 1.54) is 12.1 Å². The normalized spacial score (nSPS) is 13.3. The minimum Gasteiger partial charge on any atom is -0.496 e. The molecule has 0 unspecified atom stereocenters. The van der Waals surface area contributed by atoms with Crippen LogP contribution in [0.25, 0.3) is 11.3 Å². The van der Waals surface area contributed by atoms with E-state index < -0.39 is 0 Å². The van der Waals surface area contributed by atoms with E-state index in [4.69, 9.17) is 4.74 Å². The lowest BCUT2D eigenvalue weighted by molar-refractivity contribution is 0.416. The number of aryl methyl sites for hydroxylation is 2. The molecule has 3 aromatic rings. The molecule has 112 valence electrons. The average molecular weight is 295 g/mol. The predicted molar refractivity (Wildman–Crippen MR) is 81.7 cm³/mol. The van der Waals surface area contributed by atoms with Crippen LogP contribution in [0.15, 0.2) is 36.5 Å². The molecule has 0 atom stereocenters. The third-order valence-corrected chi connectivity index (χ3v) is 3.96. The highest BCUT2D eigenvalue weighted by atomic mass is 16.5. The van der Waals surface area contributed by atoms with E-state index >= 15 is 0 Å². The molecule has 2 aromatic heterocycles. The van der Waals surface area contributed by atoms with Gasteiger partial charge in [-0.15, -0.1) is 5.10 Å². The first kappa shape index (κ1) is 13.1. The number of benzene rings is 1. The first-order valence-electron chi connectivity index (χ1n) is 7.42. The molecule has 1 aliphatic heterocycles. The van der Waals surface area contributed by atoms with Gasteiger partial charge in [0.1, 0.15) is 11.4 Å². The van der Waals surface area contributed by atoms with Crippen LogP contribution in [0.2, 0.25) is 0 Å². The summed E-state index contributed by atoms with van der Waals surface area (Å²) in [4.78, 5) is 0. The van der Waals surface area contributed by atoms with E-state index in [0.29, 0.717) is 6.54 Å². The Morgan fingerprint density at radius 3 is 3.05 bits per heavy atom. The van der Waals surface area contributed by atoms with Crippen molar-refractivity contribution in [1.82, 2.24) is 24.8 Å². The molecule has 6 nitrogen and oxygen atoms in total. The lowest BCUT2D eigenvalue weighted by Gasteiger charge is -2.04. The fraction of sp³-hybridized carbons (Fsp3) is 0.312. The van der Waals surface area contributed by atoms with Crippen molar-refractivity contribution in [3.05, 3.63) is 47.9 Å². The van der Waals surface area contributed by atoms with Crippen LogP contribution < -0.4 is 4.74 Å². The molecule has 0 aliphatic carbocycles. The third-order valence-electron chi connectivity index (χ3n) is 3.96. The molecular weight excluding hydrogens is 278 g/mol. The Kier molecular flexibility index (Phi) is 3.14. The molecule has 0 radical (unpaired) electrons. The van der Waals surface area contributed by atoms with Gasteiger partial charge in [-0.1, -0.05) is 17.3 Å². The van der Waals surface area contributed by atoms with Gasteiger partial charge in [-0.3, -0.25) is 4.68 Å². The van der Waals surface area contributed by atoms with Crippen molar-refractivity contribution in [2.24, 2.45) is 0 Å². The summed E-state index contributed by atoms with van der Waals surface area (Å²) in [6.07, 6.45) is 4.25. The molecular formula is C16H17N5O. The number of hydrogen-bond acceptors (Lipinski definition) is 4. The maximum Gasteiger partial charge on any atom is 0.128 e. The summed E-state index contributed by atoms with van der Waals surface area (Å²) < 4.78 is 9.29. The maximum absolute atomic E-state index is 5.38. The van der Waals surface area contributed by atoms with Crippen molar-refractivity contribution in [2.75, 3.05) is 7.11 Å². The number of rotatable bonds is 4. The summed E-state index contributed by atoms with van der Waals surface area (Å²) in [7, 11) is 1.66. The number of ether oxygens (including phenoxy) is 1. The van der Waals surface area contributed by atoms with Crippen LogP contribution in [0.3, 0.4) is 0 Å². The Labute approximate surface area is 128 Å². The van der Waals surface area contributed by atoms with Crippen LogP contribution >= 0.6 is 0 Å². The Morgan fingerprint density at radius 1 is 1.27 bits per heavy atom. The number of fused-ring (bicyclic) bond motifs is 1. The van der Waals surface area contributed by atoms with Crippen molar-refractivity contribution < 1.29 is 4.74 Å². The van der Waals surface area contributed by atoms with Gasteiger partial charge in [-0.05, 0) is 31.0 Å². The standard InChI is InChI=1S/C16H17N5O/c1-22-16-7-3-2-6-14(16)15-11-20(19-17-15)10-12-9-13-5-4-8-21(13)18-12/h2-3,6-7,9,11H,4-5,8,10H2,1H3. The Bertz CT molecular complexity index is 783. The number of para-hydroxylation sites is 1. The van der Waals surface area contributed by atoms with Gasteiger partial charge < -0.3 is 4.74 Å². The molecule has 0 bridgehead atoms. The van der Waals surface area contributed by atoms with E-state index in [1.807, 2.05) is 35.1 Å². The second-order valence-electron chi connectivity index (χ2n) is 5.46. The number of aromatic nitrogens is 5. The molecule has 0 spiro atoms. The lowest BCUT2D eigenvalue weighted by atomic mass is 10.1. The molecule has 4 rings (SSSR count). The first-order chi connectivity index (χ1) is 10.8. The molecule has 22 heavy (non-hydrogen) atoms. The quantitative estimate of drug-likeness (QED) is 0.740. The molecule has 1 aliphatic rings. The summed E-state index contributed by atoms with van der Waals surface area (Å²) in [5, 5.41) is 13.1. The summed E-state index contributed by atoms with van der Waals surface area (Å²) in [5.41, 5.74) is 4.11.